The summed E-state index contributed by atoms with van der Waals surface area (Å²) in [6.45, 7) is 0. The van der Waals surface area contributed by atoms with Crippen molar-refractivity contribution in [2.45, 2.75) is 0 Å². The fourth-order valence-electron chi connectivity index (χ4n) is 1.41. The van der Waals surface area contributed by atoms with Crippen molar-refractivity contribution >= 4 is 23.0 Å². The number of H-pyrrole nitrogens is 1. The van der Waals surface area contributed by atoms with Crippen LogP contribution in [0.25, 0.3) is 0 Å². The van der Waals surface area contributed by atoms with Gasteiger partial charge in [-0.3, -0.25) is 10.1 Å². The summed E-state index contributed by atoms with van der Waals surface area (Å²) in [7, 11) is 0. The summed E-state index contributed by atoms with van der Waals surface area (Å²) in [6.07, 6.45) is 2.75. The minimum atomic E-state index is -0.891. The largest absolute Gasteiger partial charge is 0.444 e. The highest BCUT2D eigenvalue weighted by Gasteiger charge is 2.30. The van der Waals surface area contributed by atoms with E-state index in [2.05, 4.69) is 15.3 Å². The Morgan fingerprint density at radius 1 is 1.22 bits per heavy atom. The number of pyridine rings is 1. The van der Waals surface area contributed by atoms with Gasteiger partial charge in [0.05, 0.1) is 4.92 Å². The van der Waals surface area contributed by atoms with E-state index in [-0.39, 0.29) is 5.69 Å². The quantitative estimate of drug-likeness (QED) is 0.629. The van der Waals surface area contributed by atoms with Gasteiger partial charge >= 0.3 is 11.5 Å². The lowest BCUT2D eigenvalue weighted by molar-refractivity contribution is -0.425. The number of nitrogens with zero attached hydrogens (tertiary/aromatic N) is 3. The Kier molecular flexibility index (Phi) is 2.87. The summed E-state index contributed by atoms with van der Waals surface area (Å²) in [5, 5.41) is 24.3. The van der Waals surface area contributed by atoms with E-state index in [1.807, 2.05) is 0 Å². The molecule has 0 bridgehead atoms. The first-order valence-corrected chi connectivity index (χ1v) is 4.78. The van der Waals surface area contributed by atoms with Gasteiger partial charge in [-0.25, -0.2) is 0 Å². The van der Waals surface area contributed by atoms with Crippen molar-refractivity contribution in [3.8, 4) is 0 Å². The molecule has 0 spiro atoms. The van der Waals surface area contributed by atoms with Gasteiger partial charge in [-0.05, 0) is 22.0 Å². The molecule has 0 amide bonds. The van der Waals surface area contributed by atoms with Crippen LogP contribution in [0.1, 0.15) is 0 Å². The van der Waals surface area contributed by atoms with Crippen molar-refractivity contribution in [1.82, 2.24) is 9.97 Å². The van der Waals surface area contributed by atoms with Crippen molar-refractivity contribution in [3.63, 3.8) is 0 Å². The van der Waals surface area contributed by atoms with E-state index >= 15 is 0 Å². The second-order valence-corrected chi connectivity index (χ2v) is 3.25. The number of aromatic amines is 1. The van der Waals surface area contributed by atoms with E-state index in [1.165, 1.54) is 6.07 Å². The molecule has 0 aliphatic carbocycles. The summed E-state index contributed by atoms with van der Waals surface area (Å²) >= 11 is 0. The van der Waals surface area contributed by atoms with Crippen LogP contribution < -0.4 is 5.32 Å². The van der Waals surface area contributed by atoms with Crippen LogP contribution in [-0.4, -0.2) is 19.8 Å². The SMILES string of the molecule is O=[N+]([O-])c1nccc(Nc2ccc[nH]2)c1[N+](=O)[O-]. The van der Waals surface area contributed by atoms with Crippen molar-refractivity contribution in [3.05, 3.63) is 50.8 Å². The van der Waals surface area contributed by atoms with Gasteiger partial charge in [0.15, 0.2) is 0 Å². The Morgan fingerprint density at radius 2 is 2.00 bits per heavy atom. The first-order valence-electron chi connectivity index (χ1n) is 4.78. The smallest absolute Gasteiger partial charge is 0.358 e. The monoisotopic (exact) mass is 249 g/mol. The molecule has 0 unspecified atom stereocenters. The third-order valence-corrected chi connectivity index (χ3v) is 2.13. The number of anilines is 2. The van der Waals surface area contributed by atoms with Gasteiger partial charge < -0.3 is 20.4 Å². The van der Waals surface area contributed by atoms with Crippen molar-refractivity contribution in [2.24, 2.45) is 0 Å². The molecular formula is C9H7N5O4. The number of nitro groups is 2. The van der Waals surface area contributed by atoms with Crippen molar-refractivity contribution in [1.29, 1.82) is 0 Å². The van der Waals surface area contributed by atoms with Crippen molar-refractivity contribution < 1.29 is 9.85 Å². The lowest BCUT2D eigenvalue weighted by Crippen LogP contribution is -2.03. The topological polar surface area (TPSA) is 127 Å². The standard InChI is InChI=1S/C9H7N5O4/c15-13(16)8-6(12-7-2-1-4-10-7)3-5-11-9(8)14(17)18/h1-5,10H,(H,11,12). The molecule has 18 heavy (non-hydrogen) atoms. The molecule has 0 radical (unpaired) electrons. The molecule has 0 aromatic carbocycles. The molecule has 2 aromatic rings. The zero-order valence-electron chi connectivity index (χ0n) is 8.86. The van der Waals surface area contributed by atoms with Gasteiger partial charge in [0.25, 0.3) is 0 Å². The van der Waals surface area contributed by atoms with Crippen LogP contribution >= 0.6 is 0 Å². The van der Waals surface area contributed by atoms with Gasteiger partial charge in [-0.2, -0.15) is 0 Å². The van der Waals surface area contributed by atoms with Gasteiger partial charge in [0, 0.05) is 12.3 Å². The number of hydrogen-bond acceptors (Lipinski definition) is 6. The second kappa shape index (κ2) is 4.49. The van der Waals surface area contributed by atoms with E-state index in [9.17, 15) is 20.2 Å². The van der Waals surface area contributed by atoms with E-state index in [4.69, 9.17) is 0 Å². The lowest BCUT2D eigenvalue weighted by atomic mass is 10.3. The molecule has 0 saturated heterocycles. The van der Waals surface area contributed by atoms with E-state index in [0.717, 1.165) is 6.20 Å². The summed E-state index contributed by atoms with van der Waals surface area (Å²) in [5.41, 5.74) is -0.666. The van der Waals surface area contributed by atoms with Gasteiger partial charge in [-0.1, -0.05) is 0 Å². The molecule has 2 aromatic heterocycles. The van der Waals surface area contributed by atoms with Gasteiger partial charge in [0.2, 0.25) is 0 Å². The number of hydrogen-bond donors (Lipinski definition) is 2. The highest BCUT2D eigenvalue weighted by atomic mass is 16.6. The molecule has 2 rings (SSSR count). The molecule has 0 atom stereocenters. The van der Waals surface area contributed by atoms with Crippen LogP contribution in [0, 0.1) is 20.2 Å². The number of aromatic nitrogens is 2. The molecule has 0 saturated carbocycles. The van der Waals surface area contributed by atoms with Crippen LogP contribution in [0.15, 0.2) is 30.6 Å². The molecule has 9 nitrogen and oxygen atoms in total. The first kappa shape index (κ1) is 11.5. The Bertz CT molecular complexity index is 595. The molecule has 0 aliphatic rings. The van der Waals surface area contributed by atoms with E-state index < -0.39 is 21.4 Å². The third kappa shape index (κ3) is 2.09. The predicted octanol–water partition coefficient (Wildman–Crippen LogP) is 1.97. The highest BCUT2D eigenvalue weighted by Crippen LogP contribution is 2.33. The maximum atomic E-state index is 10.9. The first-order chi connectivity index (χ1) is 8.59. The minimum Gasteiger partial charge on any atom is -0.358 e. The third-order valence-electron chi connectivity index (χ3n) is 2.13. The lowest BCUT2D eigenvalue weighted by Gasteiger charge is -2.03. The van der Waals surface area contributed by atoms with E-state index in [0.29, 0.717) is 5.82 Å². The van der Waals surface area contributed by atoms with E-state index in [1.54, 1.807) is 18.3 Å². The molecule has 92 valence electrons. The zero-order valence-corrected chi connectivity index (χ0v) is 8.86. The Labute approximate surface area is 99.8 Å². The summed E-state index contributed by atoms with van der Waals surface area (Å²) in [4.78, 5) is 26.0. The summed E-state index contributed by atoms with van der Waals surface area (Å²) < 4.78 is 0. The van der Waals surface area contributed by atoms with Crippen LogP contribution in [0.4, 0.5) is 23.0 Å². The van der Waals surface area contributed by atoms with Gasteiger partial charge in [-0.15, -0.1) is 0 Å². The fourth-order valence-corrected chi connectivity index (χ4v) is 1.41. The maximum absolute atomic E-state index is 10.9. The fraction of sp³-hybridized carbons (Fsp3) is 0. The average Bonchev–Trinajstić information content (AvgIpc) is 2.81. The minimum absolute atomic E-state index is 0.00384. The highest BCUT2D eigenvalue weighted by molar-refractivity contribution is 5.72. The van der Waals surface area contributed by atoms with Crippen molar-refractivity contribution in [2.75, 3.05) is 5.32 Å². The molecule has 9 heteroatoms. The Balaban J connectivity index is 2.49. The second-order valence-electron chi connectivity index (χ2n) is 3.25. The Morgan fingerprint density at radius 3 is 2.56 bits per heavy atom. The van der Waals surface area contributed by atoms with Crippen LogP contribution in [0.2, 0.25) is 0 Å². The number of rotatable bonds is 4. The normalized spacial score (nSPS) is 10.0. The molecule has 0 aliphatic heterocycles. The maximum Gasteiger partial charge on any atom is 0.444 e. The molecule has 0 fully saturated rings. The molecule has 2 heterocycles. The van der Waals surface area contributed by atoms with Gasteiger partial charge in [0.1, 0.15) is 17.7 Å². The molecule has 2 N–H and O–H groups in total. The molecular weight excluding hydrogens is 242 g/mol. The summed E-state index contributed by atoms with van der Waals surface area (Å²) in [5.74, 6) is -0.310. The van der Waals surface area contributed by atoms with Crippen LogP contribution in [0.5, 0.6) is 0 Å². The predicted molar refractivity (Wildman–Crippen MR) is 61.6 cm³/mol. The summed E-state index contributed by atoms with van der Waals surface area (Å²) in [6, 6.07) is 4.62. The zero-order chi connectivity index (χ0) is 13.1. The van der Waals surface area contributed by atoms with Crippen LogP contribution in [-0.2, 0) is 0 Å². The Hall–Kier alpha value is -2.97. The number of nitrogens with one attached hydrogen (secondary N) is 2. The average molecular weight is 249 g/mol. The van der Waals surface area contributed by atoms with Crippen LogP contribution in [0.3, 0.4) is 0 Å².